The van der Waals surface area contributed by atoms with Gasteiger partial charge in [-0.25, -0.2) is 8.78 Å². The molecule has 1 amide bonds. The fraction of sp³-hybridized carbons (Fsp3) is 0.387. The first kappa shape index (κ1) is 29.5. The van der Waals surface area contributed by atoms with Gasteiger partial charge in [0.25, 0.3) is 0 Å². The second-order valence-corrected chi connectivity index (χ2v) is 11.8. The number of benzene rings is 3. The number of thioether (sulfide) groups is 1. The van der Waals surface area contributed by atoms with Crippen LogP contribution in [0, 0.1) is 17.6 Å². The number of hydrogen-bond acceptors (Lipinski definition) is 7. The molecule has 0 radical (unpaired) electrons. The third-order valence-corrected chi connectivity index (χ3v) is 9.47. The van der Waals surface area contributed by atoms with Crippen molar-refractivity contribution < 1.29 is 38.7 Å². The maximum Gasteiger partial charge on any atom is 0.233 e. The van der Waals surface area contributed by atoms with Crippen LogP contribution in [0.2, 0.25) is 0 Å². The molecule has 3 aromatic carbocycles. The van der Waals surface area contributed by atoms with Gasteiger partial charge in [0.1, 0.15) is 29.6 Å². The second-order valence-electron chi connectivity index (χ2n) is 10.5. The number of rotatable bonds is 9. The Balaban J connectivity index is 1.33. The first-order valence-electron chi connectivity index (χ1n) is 13.7. The fourth-order valence-electron chi connectivity index (χ4n) is 5.52. The Bertz CT molecular complexity index is 1320. The maximum atomic E-state index is 13.6. The summed E-state index contributed by atoms with van der Waals surface area (Å²) in [5, 5.41) is 41.3. The van der Waals surface area contributed by atoms with Gasteiger partial charge in [-0.2, -0.15) is 0 Å². The van der Waals surface area contributed by atoms with Crippen molar-refractivity contribution in [1.82, 2.24) is 0 Å². The van der Waals surface area contributed by atoms with Gasteiger partial charge in [-0.1, -0.05) is 31.2 Å². The number of carbonyl (C=O) groups excluding carboxylic acids is 1. The van der Waals surface area contributed by atoms with Crippen molar-refractivity contribution in [3.63, 3.8) is 0 Å². The number of amides is 1. The lowest BCUT2D eigenvalue weighted by Gasteiger charge is -2.48. The zero-order valence-corrected chi connectivity index (χ0v) is 23.2. The van der Waals surface area contributed by atoms with Crippen molar-refractivity contribution in [2.75, 3.05) is 4.90 Å². The van der Waals surface area contributed by atoms with Crippen molar-refractivity contribution in [3.05, 3.63) is 95.6 Å². The van der Waals surface area contributed by atoms with E-state index in [-0.39, 0.29) is 17.2 Å². The lowest BCUT2D eigenvalue weighted by atomic mass is 9.78. The van der Waals surface area contributed by atoms with E-state index in [2.05, 4.69) is 0 Å². The number of halogens is 2. The van der Waals surface area contributed by atoms with E-state index in [0.29, 0.717) is 36.3 Å². The molecule has 0 aromatic heterocycles. The van der Waals surface area contributed by atoms with Gasteiger partial charge >= 0.3 is 0 Å². The highest BCUT2D eigenvalue weighted by Gasteiger charge is 2.48. The third kappa shape index (κ3) is 6.12. The highest BCUT2D eigenvalue weighted by Crippen LogP contribution is 2.47. The summed E-state index contributed by atoms with van der Waals surface area (Å²) in [7, 11) is 0. The SMILES string of the molecule is CC[C@H]1S[C@@H](Oc2ccc([C@@H]3[C@@H](CC[C@H](O)c4ccc(F)cc4)C(=O)N3c3ccc(F)cc3)cc2)[C@H](O)[C@@H](O)[C@@H]1O. The molecule has 4 N–H and O–H groups in total. The Morgan fingerprint density at radius 2 is 1.49 bits per heavy atom. The number of ether oxygens (including phenoxy) is 1. The average Bonchev–Trinajstić information content (AvgIpc) is 2.98. The lowest BCUT2D eigenvalue weighted by molar-refractivity contribution is -0.131. The van der Waals surface area contributed by atoms with Gasteiger partial charge in [0.15, 0.2) is 5.44 Å². The Morgan fingerprint density at radius 1 is 0.878 bits per heavy atom. The van der Waals surface area contributed by atoms with Crippen LogP contribution in [0.15, 0.2) is 72.8 Å². The molecule has 10 heteroatoms. The molecular formula is C31H33F2NO6S. The second kappa shape index (κ2) is 12.5. The Hall–Kier alpha value is -3.02. The molecule has 3 aromatic rings. The molecule has 0 spiro atoms. The molecule has 0 saturated carbocycles. The minimum absolute atomic E-state index is 0.145. The normalized spacial score (nSPS) is 28.7. The van der Waals surface area contributed by atoms with Gasteiger partial charge in [0.05, 0.1) is 24.2 Å². The molecule has 7 nitrogen and oxygen atoms in total. The Morgan fingerprint density at radius 3 is 2.10 bits per heavy atom. The van der Waals surface area contributed by atoms with Crippen LogP contribution in [-0.2, 0) is 4.79 Å². The van der Waals surface area contributed by atoms with Crippen molar-refractivity contribution in [2.24, 2.45) is 5.92 Å². The fourth-order valence-corrected chi connectivity index (χ4v) is 6.87. The number of hydrogen-bond donors (Lipinski definition) is 4. The number of β-lactam (4-membered cyclic amide) rings is 1. The van der Waals surface area contributed by atoms with Crippen molar-refractivity contribution in [1.29, 1.82) is 0 Å². The van der Waals surface area contributed by atoms with Crippen LogP contribution in [0.1, 0.15) is 49.5 Å². The summed E-state index contributed by atoms with van der Waals surface area (Å²) >= 11 is 1.27. The number of anilines is 1. The minimum atomic E-state index is -1.32. The van der Waals surface area contributed by atoms with Gasteiger partial charge in [-0.05, 0) is 78.9 Å². The lowest BCUT2D eigenvalue weighted by Crippen LogP contribution is -2.55. The largest absolute Gasteiger partial charge is 0.477 e. The summed E-state index contributed by atoms with van der Waals surface area (Å²) in [5.74, 6) is -0.948. The zero-order valence-electron chi connectivity index (χ0n) is 22.4. The molecule has 0 unspecified atom stereocenters. The summed E-state index contributed by atoms with van der Waals surface area (Å²) in [5.41, 5.74) is 1.15. The molecule has 218 valence electrons. The van der Waals surface area contributed by atoms with Gasteiger partial charge in [-0.3, -0.25) is 4.79 Å². The summed E-state index contributed by atoms with van der Waals surface area (Å²) in [6.45, 7) is 1.89. The van der Waals surface area contributed by atoms with E-state index in [9.17, 15) is 34.0 Å². The van der Waals surface area contributed by atoms with E-state index in [1.807, 2.05) is 19.1 Å². The maximum absolute atomic E-state index is 13.6. The van der Waals surface area contributed by atoms with Crippen LogP contribution >= 0.6 is 11.8 Å². The van der Waals surface area contributed by atoms with Crippen LogP contribution in [0.5, 0.6) is 5.75 Å². The summed E-state index contributed by atoms with van der Waals surface area (Å²) in [4.78, 5) is 14.9. The molecular weight excluding hydrogens is 552 g/mol. The first-order valence-corrected chi connectivity index (χ1v) is 14.6. The van der Waals surface area contributed by atoms with Crippen molar-refractivity contribution in [2.45, 2.75) is 67.3 Å². The molecule has 2 saturated heterocycles. The van der Waals surface area contributed by atoms with E-state index in [0.717, 1.165) is 5.56 Å². The van der Waals surface area contributed by atoms with E-state index in [1.165, 1.54) is 48.2 Å². The topological polar surface area (TPSA) is 110 Å². The predicted octanol–water partition coefficient (Wildman–Crippen LogP) is 4.50. The summed E-state index contributed by atoms with van der Waals surface area (Å²) < 4.78 is 32.9. The molecule has 2 aliphatic rings. The van der Waals surface area contributed by atoms with Gasteiger partial charge < -0.3 is 30.1 Å². The van der Waals surface area contributed by atoms with E-state index in [1.54, 1.807) is 29.2 Å². The van der Waals surface area contributed by atoms with Crippen LogP contribution in [0.3, 0.4) is 0 Å². The first-order chi connectivity index (χ1) is 19.7. The highest BCUT2D eigenvalue weighted by molar-refractivity contribution is 8.00. The van der Waals surface area contributed by atoms with Crippen LogP contribution in [0.25, 0.3) is 0 Å². The minimum Gasteiger partial charge on any atom is -0.477 e. The highest BCUT2D eigenvalue weighted by atomic mass is 32.2. The number of nitrogens with zero attached hydrogens (tertiary/aromatic N) is 1. The smallest absolute Gasteiger partial charge is 0.233 e. The van der Waals surface area contributed by atoms with Crippen LogP contribution in [0.4, 0.5) is 14.5 Å². The van der Waals surface area contributed by atoms with Gasteiger partial charge in [-0.15, -0.1) is 11.8 Å². The molecule has 2 fully saturated rings. The molecule has 5 rings (SSSR count). The Kier molecular flexibility index (Phi) is 8.96. The van der Waals surface area contributed by atoms with Crippen LogP contribution in [-0.4, -0.2) is 55.3 Å². The molecule has 0 bridgehead atoms. The van der Waals surface area contributed by atoms with E-state index >= 15 is 0 Å². The molecule has 2 aliphatic heterocycles. The zero-order chi connectivity index (χ0) is 29.3. The number of aliphatic hydroxyl groups excluding tert-OH is 4. The molecule has 8 atom stereocenters. The van der Waals surface area contributed by atoms with Crippen molar-refractivity contribution >= 4 is 23.4 Å². The summed E-state index contributed by atoms with van der Waals surface area (Å²) in [6.07, 6.45) is -3.23. The van der Waals surface area contributed by atoms with Crippen LogP contribution < -0.4 is 9.64 Å². The summed E-state index contributed by atoms with van der Waals surface area (Å²) in [6, 6.07) is 18.0. The van der Waals surface area contributed by atoms with E-state index in [4.69, 9.17) is 4.74 Å². The third-order valence-electron chi connectivity index (χ3n) is 7.87. The molecule has 2 heterocycles. The molecule has 0 aliphatic carbocycles. The quantitative estimate of drug-likeness (QED) is 0.274. The van der Waals surface area contributed by atoms with E-state index < -0.39 is 47.4 Å². The average molecular weight is 586 g/mol. The Labute approximate surface area is 241 Å². The number of aliphatic hydroxyl groups is 4. The van der Waals surface area contributed by atoms with Gasteiger partial charge in [0.2, 0.25) is 5.91 Å². The monoisotopic (exact) mass is 585 g/mol. The standard InChI is InChI=1S/C31H33F2NO6S/c1-2-25-27(36)28(37)29(38)31(41-25)40-22-13-5-18(6-14-22)26-23(15-16-24(35)17-3-7-19(32)8-4-17)30(39)34(26)21-11-9-20(33)10-12-21/h3-14,23-29,31,35-38H,2,15-16H2,1H3/t23-,24+,25-,26-,27-,28+,29-,31-/m1/s1. The van der Waals surface area contributed by atoms with Gasteiger partial charge in [0, 0.05) is 10.9 Å². The molecule has 41 heavy (non-hydrogen) atoms. The van der Waals surface area contributed by atoms with Crippen molar-refractivity contribution in [3.8, 4) is 5.75 Å². The number of carbonyl (C=O) groups is 1. The predicted molar refractivity (Wildman–Crippen MR) is 151 cm³/mol.